The van der Waals surface area contributed by atoms with Crippen LogP contribution in [0.25, 0.3) is 0 Å². The van der Waals surface area contributed by atoms with Gasteiger partial charge in [-0.05, 0) is 6.26 Å². The predicted octanol–water partition coefficient (Wildman–Crippen LogP) is 0.139. The topological polar surface area (TPSA) is 106 Å². The highest BCUT2D eigenvalue weighted by Crippen LogP contribution is 2.11. The molecule has 2 amide bonds. The Morgan fingerprint density at radius 2 is 2.21 bits per heavy atom. The van der Waals surface area contributed by atoms with E-state index in [0.717, 1.165) is 18.9 Å². The van der Waals surface area contributed by atoms with Gasteiger partial charge < -0.3 is 10.5 Å². The Labute approximate surface area is 85.1 Å². The summed E-state index contributed by atoms with van der Waals surface area (Å²) < 4.78 is 4.36. The van der Waals surface area contributed by atoms with Crippen LogP contribution in [0.1, 0.15) is 0 Å². The highest BCUT2D eigenvalue weighted by molar-refractivity contribution is 8.13. The van der Waals surface area contributed by atoms with E-state index in [1.54, 1.807) is 12.3 Å². The van der Waals surface area contributed by atoms with Crippen molar-refractivity contribution in [2.24, 2.45) is 16.6 Å². The lowest BCUT2D eigenvalue weighted by Gasteiger charge is -2.06. The summed E-state index contributed by atoms with van der Waals surface area (Å²) in [6.45, 7) is 0. The maximum atomic E-state index is 11.0. The fourth-order valence-electron chi connectivity index (χ4n) is 0.663. The molecule has 6 nitrogen and oxygen atoms in total. The Morgan fingerprint density at radius 3 is 2.50 bits per heavy atom. The zero-order valence-corrected chi connectivity index (χ0v) is 8.50. The maximum absolute atomic E-state index is 11.0. The molecule has 2 N–H and O–H groups in total. The fourth-order valence-corrected chi connectivity index (χ4v) is 1.23. The van der Waals surface area contributed by atoms with Gasteiger partial charge in [0.15, 0.2) is 5.92 Å². The molecule has 0 aromatic rings. The van der Waals surface area contributed by atoms with Crippen molar-refractivity contribution in [1.29, 1.82) is 5.26 Å². The molecule has 7 heteroatoms. The van der Waals surface area contributed by atoms with Gasteiger partial charge in [0, 0.05) is 0 Å². The summed E-state index contributed by atoms with van der Waals surface area (Å²) >= 11 is 1.00. The summed E-state index contributed by atoms with van der Waals surface area (Å²) in [7, 11) is 1.15. The van der Waals surface area contributed by atoms with E-state index in [9.17, 15) is 9.59 Å². The predicted molar refractivity (Wildman–Crippen MR) is 51.7 cm³/mol. The summed E-state index contributed by atoms with van der Waals surface area (Å²) in [5, 5.41) is 8.68. The van der Waals surface area contributed by atoms with Crippen LogP contribution < -0.4 is 5.73 Å². The monoisotopic (exact) mass is 215 g/mol. The van der Waals surface area contributed by atoms with E-state index in [1.807, 2.05) is 0 Å². The first-order valence-electron chi connectivity index (χ1n) is 3.46. The minimum atomic E-state index is -1.19. The van der Waals surface area contributed by atoms with Gasteiger partial charge in [0.25, 0.3) is 0 Å². The molecule has 14 heavy (non-hydrogen) atoms. The van der Waals surface area contributed by atoms with Gasteiger partial charge in [-0.2, -0.15) is 10.3 Å². The van der Waals surface area contributed by atoms with Crippen molar-refractivity contribution in [1.82, 2.24) is 0 Å². The van der Waals surface area contributed by atoms with Gasteiger partial charge in [-0.1, -0.05) is 0 Å². The largest absolute Gasteiger partial charge is 0.468 e. The van der Waals surface area contributed by atoms with E-state index in [4.69, 9.17) is 11.0 Å². The molecular weight excluding hydrogens is 206 g/mol. The number of nitriles is 1. The lowest BCUT2D eigenvalue weighted by atomic mass is 10.2. The Kier molecular flexibility index (Phi) is 5.33. The van der Waals surface area contributed by atoms with Gasteiger partial charge in [-0.15, -0.1) is 11.8 Å². The second-order valence-corrected chi connectivity index (χ2v) is 2.90. The van der Waals surface area contributed by atoms with Crippen LogP contribution in [0, 0.1) is 17.2 Å². The number of amides is 2. The molecule has 0 aromatic carbocycles. The second-order valence-electron chi connectivity index (χ2n) is 2.08. The molecule has 0 fully saturated rings. The first-order chi connectivity index (χ1) is 6.56. The number of rotatable bonds is 2. The fraction of sp³-hybridized carbons (Fsp3) is 0.429. The van der Waals surface area contributed by atoms with E-state index in [2.05, 4.69) is 9.73 Å². The van der Waals surface area contributed by atoms with Crippen molar-refractivity contribution < 1.29 is 14.3 Å². The molecular formula is C7H9N3O3S. The minimum Gasteiger partial charge on any atom is -0.468 e. The number of methoxy groups -OCH3 is 1. The van der Waals surface area contributed by atoms with Crippen molar-refractivity contribution in [2.75, 3.05) is 13.4 Å². The van der Waals surface area contributed by atoms with Crippen molar-refractivity contribution in [2.45, 2.75) is 0 Å². The number of ether oxygens (including phenoxy) is 1. The van der Waals surface area contributed by atoms with Crippen LogP contribution in [0.15, 0.2) is 4.99 Å². The molecule has 0 saturated heterocycles. The number of hydrogen-bond donors (Lipinski definition) is 1. The molecule has 0 saturated carbocycles. The van der Waals surface area contributed by atoms with Crippen LogP contribution in [0.5, 0.6) is 0 Å². The van der Waals surface area contributed by atoms with Crippen LogP contribution in [0.2, 0.25) is 0 Å². The molecule has 1 unspecified atom stereocenters. The Balaban J connectivity index is 4.91. The Hall–Kier alpha value is -1.55. The lowest BCUT2D eigenvalue weighted by molar-refractivity contribution is -0.141. The molecule has 0 aliphatic heterocycles. The van der Waals surface area contributed by atoms with Gasteiger partial charge >= 0.3 is 12.0 Å². The zero-order valence-electron chi connectivity index (χ0n) is 7.68. The molecule has 0 heterocycles. The third kappa shape index (κ3) is 3.45. The molecule has 76 valence electrons. The summed E-state index contributed by atoms with van der Waals surface area (Å²) in [4.78, 5) is 24.8. The second kappa shape index (κ2) is 5.99. The number of primary amides is 1. The number of esters is 1. The van der Waals surface area contributed by atoms with Gasteiger partial charge in [0.05, 0.1) is 13.2 Å². The number of nitrogens with zero attached hydrogens (tertiary/aromatic N) is 2. The Morgan fingerprint density at radius 1 is 1.64 bits per heavy atom. The molecule has 1 atom stereocenters. The van der Waals surface area contributed by atoms with E-state index >= 15 is 0 Å². The van der Waals surface area contributed by atoms with Gasteiger partial charge in [-0.3, -0.25) is 4.79 Å². The summed E-state index contributed by atoms with van der Waals surface area (Å²) in [5.41, 5.74) is 4.80. The number of carbonyl (C=O) groups excluding carboxylic acids is 2. The average molecular weight is 215 g/mol. The third-order valence-electron chi connectivity index (χ3n) is 1.24. The normalized spacial score (nSPS) is 12.8. The summed E-state index contributed by atoms with van der Waals surface area (Å²) in [6, 6.07) is 0.729. The number of nitrogens with two attached hydrogens (primary N) is 1. The zero-order chi connectivity index (χ0) is 11.1. The SMILES string of the molecule is COC(=O)C(C#N)/C(=N/C(N)=O)SC. The van der Waals surface area contributed by atoms with Crippen molar-refractivity contribution in [3.05, 3.63) is 0 Å². The van der Waals surface area contributed by atoms with Crippen molar-refractivity contribution in [3.8, 4) is 6.07 Å². The van der Waals surface area contributed by atoms with Crippen molar-refractivity contribution in [3.63, 3.8) is 0 Å². The van der Waals surface area contributed by atoms with Gasteiger partial charge in [-0.25, -0.2) is 4.79 Å². The number of urea groups is 1. The first kappa shape index (κ1) is 12.4. The lowest BCUT2D eigenvalue weighted by Crippen LogP contribution is -2.23. The molecule has 0 spiro atoms. The number of aliphatic imine (C=N–C) groups is 1. The summed E-state index contributed by atoms with van der Waals surface area (Å²) in [5.74, 6) is -1.95. The van der Waals surface area contributed by atoms with Crippen LogP contribution in [0.3, 0.4) is 0 Å². The number of thioether (sulfide) groups is 1. The molecule has 0 aliphatic rings. The van der Waals surface area contributed by atoms with Gasteiger partial charge in [0.1, 0.15) is 5.04 Å². The molecule has 0 aromatic heterocycles. The van der Waals surface area contributed by atoms with E-state index in [1.165, 1.54) is 0 Å². The quantitative estimate of drug-likeness (QED) is 0.400. The van der Waals surface area contributed by atoms with Crippen LogP contribution in [-0.4, -0.2) is 30.4 Å². The number of carbonyl (C=O) groups is 2. The standard InChI is InChI=1S/C7H9N3O3S/c1-13-6(11)4(3-8)5(14-2)10-7(9)12/h4H,1-2H3,(H2,9,12)/b10-5-. The highest BCUT2D eigenvalue weighted by atomic mass is 32.2. The first-order valence-corrected chi connectivity index (χ1v) is 4.68. The average Bonchev–Trinajstić information content (AvgIpc) is 2.16. The van der Waals surface area contributed by atoms with E-state index in [0.29, 0.717) is 0 Å². The van der Waals surface area contributed by atoms with Crippen molar-refractivity contribution >= 4 is 28.8 Å². The highest BCUT2D eigenvalue weighted by Gasteiger charge is 2.25. The molecule has 0 aliphatic carbocycles. The Bertz CT molecular complexity index is 308. The van der Waals surface area contributed by atoms with Gasteiger partial charge in [0.2, 0.25) is 0 Å². The van der Waals surface area contributed by atoms with E-state index in [-0.39, 0.29) is 5.04 Å². The summed E-state index contributed by atoms with van der Waals surface area (Å²) in [6.07, 6.45) is 1.58. The van der Waals surface area contributed by atoms with Crippen LogP contribution in [-0.2, 0) is 9.53 Å². The van der Waals surface area contributed by atoms with Crippen LogP contribution in [0.4, 0.5) is 4.79 Å². The maximum Gasteiger partial charge on any atom is 0.339 e. The van der Waals surface area contributed by atoms with E-state index < -0.39 is 17.9 Å². The minimum absolute atomic E-state index is 0.0341. The van der Waals surface area contributed by atoms with Crippen LogP contribution >= 0.6 is 11.8 Å². The smallest absolute Gasteiger partial charge is 0.339 e. The molecule has 0 rings (SSSR count). The molecule has 0 radical (unpaired) electrons. The third-order valence-corrected chi connectivity index (χ3v) is 1.99. The molecule has 0 bridgehead atoms. The number of hydrogen-bond acceptors (Lipinski definition) is 5.